The van der Waals surface area contributed by atoms with Gasteiger partial charge in [-0.05, 0) is 6.07 Å². The third-order valence-corrected chi connectivity index (χ3v) is 2.63. The molecule has 7 nitrogen and oxygen atoms in total. The minimum atomic E-state index is -0.336. The minimum absolute atomic E-state index is 0.0785. The highest BCUT2D eigenvalue weighted by molar-refractivity contribution is 5.79. The van der Waals surface area contributed by atoms with Crippen molar-refractivity contribution in [2.75, 3.05) is 33.9 Å². The number of nitrogens with zero attached hydrogens (tertiary/aromatic N) is 2. The van der Waals surface area contributed by atoms with Crippen molar-refractivity contribution in [2.24, 2.45) is 0 Å². The molecule has 0 spiro atoms. The van der Waals surface area contributed by atoms with Crippen LogP contribution in [0, 0.1) is 0 Å². The van der Waals surface area contributed by atoms with Crippen LogP contribution in [-0.2, 0) is 25.5 Å². The summed E-state index contributed by atoms with van der Waals surface area (Å²) in [6, 6.07) is 1.74. The monoisotopic (exact) mass is 269 g/mol. The number of aromatic amines is 1. The van der Waals surface area contributed by atoms with E-state index in [1.807, 2.05) is 0 Å². The Bertz CT molecular complexity index is 392. The molecule has 19 heavy (non-hydrogen) atoms. The zero-order valence-corrected chi connectivity index (χ0v) is 11.2. The fourth-order valence-corrected chi connectivity index (χ4v) is 1.55. The molecule has 0 saturated carbocycles. The summed E-state index contributed by atoms with van der Waals surface area (Å²) in [4.78, 5) is 24.8. The molecule has 0 aliphatic heterocycles. The van der Waals surface area contributed by atoms with E-state index in [0.717, 1.165) is 5.69 Å². The van der Waals surface area contributed by atoms with Gasteiger partial charge in [-0.1, -0.05) is 0 Å². The summed E-state index contributed by atoms with van der Waals surface area (Å²) in [5, 5.41) is 6.52. The molecule has 7 heteroatoms. The van der Waals surface area contributed by atoms with Crippen molar-refractivity contribution >= 4 is 11.9 Å². The van der Waals surface area contributed by atoms with Crippen molar-refractivity contribution in [1.82, 2.24) is 15.1 Å². The topological polar surface area (TPSA) is 84.5 Å². The maximum absolute atomic E-state index is 12.1. The highest BCUT2D eigenvalue weighted by Gasteiger charge is 2.16. The lowest BCUT2D eigenvalue weighted by molar-refractivity contribution is -0.141. The van der Waals surface area contributed by atoms with E-state index in [2.05, 4.69) is 14.9 Å². The number of hydrogen-bond acceptors (Lipinski definition) is 5. The Balaban J connectivity index is 2.51. The van der Waals surface area contributed by atoms with Crippen LogP contribution >= 0.6 is 0 Å². The first-order valence-electron chi connectivity index (χ1n) is 5.99. The van der Waals surface area contributed by atoms with Crippen LogP contribution < -0.4 is 0 Å². The summed E-state index contributed by atoms with van der Waals surface area (Å²) in [6.07, 6.45) is 2.00. The van der Waals surface area contributed by atoms with Gasteiger partial charge in [-0.25, -0.2) is 0 Å². The standard InChI is InChI=1S/C12H19N3O4/c1-18-8-7-15(6-4-12(17)19-2)11(16)9-10-3-5-13-14-10/h3,5H,4,6-9H2,1-2H3,(H,13,14). The third-order valence-electron chi connectivity index (χ3n) is 2.63. The van der Waals surface area contributed by atoms with E-state index >= 15 is 0 Å². The van der Waals surface area contributed by atoms with Gasteiger partial charge in [0.25, 0.3) is 0 Å². The van der Waals surface area contributed by atoms with E-state index in [4.69, 9.17) is 4.74 Å². The first kappa shape index (κ1) is 15.2. The molecule has 0 aliphatic rings. The van der Waals surface area contributed by atoms with Crippen LogP contribution in [-0.4, -0.2) is 60.9 Å². The molecule has 0 atom stereocenters. The van der Waals surface area contributed by atoms with Crippen LogP contribution in [0.3, 0.4) is 0 Å². The SMILES string of the molecule is COCCN(CCC(=O)OC)C(=O)Cc1ccn[nH]1. The molecule has 0 fully saturated rings. The molecule has 1 N–H and O–H groups in total. The fraction of sp³-hybridized carbons (Fsp3) is 0.583. The molecule has 0 unspecified atom stereocenters. The van der Waals surface area contributed by atoms with E-state index in [-0.39, 0.29) is 24.7 Å². The number of hydrogen-bond donors (Lipinski definition) is 1. The van der Waals surface area contributed by atoms with Crippen molar-refractivity contribution in [3.63, 3.8) is 0 Å². The highest BCUT2D eigenvalue weighted by Crippen LogP contribution is 2.01. The molecule has 0 bridgehead atoms. The molecule has 0 radical (unpaired) electrons. The van der Waals surface area contributed by atoms with Gasteiger partial charge < -0.3 is 14.4 Å². The lowest BCUT2D eigenvalue weighted by Gasteiger charge is -2.21. The summed E-state index contributed by atoms with van der Waals surface area (Å²) in [7, 11) is 2.89. The Morgan fingerprint density at radius 3 is 2.74 bits per heavy atom. The normalized spacial score (nSPS) is 10.2. The van der Waals surface area contributed by atoms with Crippen molar-refractivity contribution < 1.29 is 19.1 Å². The number of rotatable bonds is 8. The van der Waals surface area contributed by atoms with Crippen LogP contribution in [0.15, 0.2) is 12.3 Å². The van der Waals surface area contributed by atoms with Gasteiger partial charge in [0.05, 0.1) is 26.6 Å². The number of carbonyl (C=O) groups is 2. The number of carbonyl (C=O) groups excluding carboxylic acids is 2. The second-order valence-electron chi connectivity index (χ2n) is 3.96. The van der Waals surface area contributed by atoms with Gasteiger partial charge in [0, 0.05) is 32.1 Å². The van der Waals surface area contributed by atoms with Crippen molar-refractivity contribution in [3.8, 4) is 0 Å². The first-order valence-corrected chi connectivity index (χ1v) is 5.99. The number of H-pyrrole nitrogens is 1. The predicted molar refractivity (Wildman–Crippen MR) is 67.4 cm³/mol. The molecule has 0 saturated heterocycles. The highest BCUT2D eigenvalue weighted by atomic mass is 16.5. The van der Waals surface area contributed by atoms with E-state index in [1.165, 1.54) is 7.11 Å². The van der Waals surface area contributed by atoms with Crippen LogP contribution in [0.4, 0.5) is 0 Å². The molecule has 1 rings (SSSR count). The van der Waals surface area contributed by atoms with Crippen LogP contribution in [0.25, 0.3) is 0 Å². The van der Waals surface area contributed by atoms with E-state index < -0.39 is 0 Å². The summed E-state index contributed by atoms with van der Waals surface area (Å²) < 4.78 is 9.53. The molecule has 0 aliphatic carbocycles. The van der Waals surface area contributed by atoms with Crippen LogP contribution in [0.2, 0.25) is 0 Å². The van der Waals surface area contributed by atoms with Crippen LogP contribution in [0.5, 0.6) is 0 Å². The quantitative estimate of drug-likeness (QED) is 0.671. The van der Waals surface area contributed by atoms with Gasteiger partial charge in [0.15, 0.2) is 0 Å². The van der Waals surface area contributed by atoms with Gasteiger partial charge in [-0.3, -0.25) is 14.7 Å². The van der Waals surface area contributed by atoms with E-state index in [9.17, 15) is 9.59 Å². The van der Waals surface area contributed by atoms with Crippen molar-refractivity contribution in [3.05, 3.63) is 18.0 Å². The first-order chi connectivity index (χ1) is 9.17. The van der Waals surface area contributed by atoms with Crippen molar-refractivity contribution in [1.29, 1.82) is 0 Å². The molecule has 1 aromatic heterocycles. The summed E-state index contributed by atoms with van der Waals surface area (Å²) in [5.41, 5.74) is 0.741. The second kappa shape index (κ2) is 8.25. The van der Waals surface area contributed by atoms with Gasteiger partial charge in [0.1, 0.15) is 0 Å². The lowest BCUT2D eigenvalue weighted by Crippen LogP contribution is -2.36. The zero-order valence-electron chi connectivity index (χ0n) is 11.2. The number of nitrogens with one attached hydrogen (secondary N) is 1. The van der Waals surface area contributed by atoms with E-state index in [1.54, 1.807) is 24.3 Å². The fourth-order valence-electron chi connectivity index (χ4n) is 1.55. The predicted octanol–water partition coefficient (Wildman–Crippen LogP) is -0.00970. The van der Waals surface area contributed by atoms with Gasteiger partial charge in [-0.2, -0.15) is 5.10 Å². The minimum Gasteiger partial charge on any atom is -0.469 e. The molecule has 0 aromatic carbocycles. The van der Waals surface area contributed by atoms with Crippen molar-refractivity contribution in [2.45, 2.75) is 12.8 Å². The average molecular weight is 269 g/mol. The average Bonchev–Trinajstić information content (AvgIpc) is 2.91. The number of esters is 1. The Morgan fingerprint density at radius 1 is 1.37 bits per heavy atom. The van der Waals surface area contributed by atoms with E-state index in [0.29, 0.717) is 19.7 Å². The molecular weight excluding hydrogens is 250 g/mol. The zero-order chi connectivity index (χ0) is 14.1. The summed E-state index contributed by atoms with van der Waals surface area (Å²) >= 11 is 0. The summed E-state index contributed by atoms with van der Waals surface area (Å²) in [5.74, 6) is -0.415. The number of ether oxygens (including phenoxy) is 2. The molecule has 1 aromatic rings. The summed E-state index contributed by atoms with van der Waals surface area (Å²) in [6.45, 7) is 1.19. The Labute approximate surface area is 111 Å². The largest absolute Gasteiger partial charge is 0.469 e. The third kappa shape index (κ3) is 5.52. The van der Waals surface area contributed by atoms with Gasteiger partial charge in [-0.15, -0.1) is 0 Å². The van der Waals surface area contributed by atoms with Gasteiger partial charge >= 0.3 is 5.97 Å². The Hall–Kier alpha value is -1.89. The smallest absolute Gasteiger partial charge is 0.307 e. The maximum Gasteiger partial charge on any atom is 0.307 e. The number of amides is 1. The van der Waals surface area contributed by atoms with Gasteiger partial charge in [0.2, 0.25) is 5.91 Å². The molecule has 1 amide bonds. The van der Waals surface area contributed by atoms with Crippen LogP contribution in [0.1, 0.15) is 12.1 Å². The number of aromatic nitrogens is 2. The Morgan fingerprint density at radius 2 is 2.16 bits per heavy atom. The second-order valence-corrected chi connectivity index (χ2v) is 3.96. The Kier molecular flexibility index (Phi) is 6.59. The lowest BCUT2D eigenvalue weighted by atomic mass is 10.2. The molecule has 1 heterocycles. The number of methoxy groups -OCH3 is 2. The maximum atomic E-state index is 12.1. The molecular formula is C12H19N3O4. The molecule has 106 valence electrons.